The molecule has 0 aromatic rings. The largest absolute Gasteiger partial charge is 0.444 e. The third-order valence-corrected chi connectivity index (χ3v) is 2.78. The lowest BCUT2D eigenvalue weighted by Gasteiger charge is -2.27. The van der Waals surface area contributed by atoms with Gasteiger partial charge in [0.2, 0.25) is 0 Å². The second-order valence-corrected chi connectivity index (χ2v) is 5.97. The number of nitrogens with two attached hydrogens (primary N) is 1. The minimum absolute atomic E-state index is 0.142. The van der Waals surface area contributed by atoms with E-state index in [0.717, 1.165) is 25.8 Å². The van der Waals surface area contributed by atoms with E-state index < -0.39 is 5.60 Å². The van der Waals surface area contributed by atoms with E-state index in [4.69, 9.17) is 10.5 Å². The van der Waals surface area contributed by atoms with Crippen molar-refractivity contribution < 1.29 is 9.53 Å². The van der Waals surface area contributed by atoms with Crippen LogP contribution >= 0.6 is 0 Å². The molecule has 0 radical (unpaired) electrons. The quantitative estimate of drug-likeness (QED) is 0.691. The minimum Gasteiger partial charge on any atom is -0.444 e. The van der Waals surface area contributed by atoms with Crippen LogP contribution in [-0.2, 0) is 4.74 Å². The summed E-state index contributed by atoms with van der Waals surface area (Å²) in [5.74, 6) is 0. The molecule has 94 valence electrons. The third-order valence-electron chi connectivity index (χ3n) is 2.78. The number of carbonyl (C=O) groups excluding carboxylic acids is 1. The van der Waals surface area contributed by atoms with E-state index in [1.54, 1.807) is 4.90 Å². The molecule has 4 nitrogen and oxygen atoms in total. The van der Waals surface area contributed by atoms with Gasteiger partial charge in [0.1, 0.15) is 5.60 Å². The number of rotatable bonds is 0. The summed E-state index contributed by atoms with van der Waals surface area (Å²) in [6, 6.07) is 0. The highest BCUT2D eigenvalue weighted by Gasteiger charge is 2.28. The Morgan fingerprint density at radius 1 is 1.31 bits per heavy atom. The lowest BCUT2D eigenvalue weighted by Crippen LogP contribution is -2.40. The van der Waals surface area contributed by atoms with Crippen molar-refractivity contribution in [1.29, 1.82) is 0 Å². The van der Waals surface area contributed by atoms with E-state index in [9.17, 15) is 4.79 Å². The number of ether oxygens (including phenoxy) is 1. The van der Waals surface area contributed by atoms with Gasteiger partial charge >= 0.3 is 6.09 Å². The Hall–Kier alpha value is -0.770. The minimum atomic E-state index is -0.421. The normalized spacial score (nSPS) is 27.4. The van der Waals surface area contributed by atoms with Crippen molar-refractivity contribution in [1.82, 2.24) is 4.90 Å². The summed E-state index contributed by atoms with van der Waals surface area (Å²) in [5, 5.41) is 0. The zero-order valence-electron chi connectivity index (χ0n) is 10.9. The van der Waals surface area contributed by atoms with Crippen molar-refractivity contribution in [3.05, 3.63) is 0 Å². The summed E-state index contributed by atoms with van der Waals surface area (Å²) in [5.41, 5.74) is 5.53. The van der Waals surface area contributed by atoms with Gasteiger partial charge in [0.05, 0.1) is 0 Å². The molecule has 0 unspecified atom stereocenters. The van der Waals surface area contributed by atoms with Crippen LogP contribution < -0.4 is 5.73 Å². The Labute approximate surface area is 98.1 Å². The second-order valence-electron chi connectivity index (χ2n) is 5.97. The summed E-state index contributed by atoms with van der Waals surface area (Å²) in [7, 11) is 0. The summed E-state index contributed by atoms with van der Waals surface area (Å²) in [6.07, 6.45) is 2.54. The van der Waals surface area contributed by atoms with Gasteiger partial charge in [0, 0.05) is 18.6 Å². The number of amides is 1. The molecule has 1 heterocycles. The van der Waals surface area contributed by atoms with Gasteiger partial charge in [-0.15, -0.1) is 0 Å². The maximum atomic E-state index is 11.8. The summed E-state index contributed by atoms with van der Waals surface area (Å²) < 4.78 is 5.35. The monoisotopic (exact) mass is 228 g/mol. The van der Waals surface area contributed by atoms with E-state index >= 15 is 0 Å². The molecule has 16 heavy (non-hydrogen) atoms. The van der Waals surface area contributed by atoms with Gasteiger partial charge in [0.15, 0.2) is 0 Å². The van der Waals surface area contributed by atoms with Crippen LogP contribution in [0.3, 0.4) is 0 Å². The van der Waals surface area contributed by atoms with Crippen LogP contribution in [0, 0.1) is 0 Å². The van der Waals surface area contributed by atoms with Crippen molar-refractivity contribution in [2.45, 2.75) is 58.1 Å². The molecule has 1 aliphatic heterocycles. The Morgan fingerprint density at radius 2 is 1.94 bits per heavy atom. The molecule has 0 bridgehead atoms. The van der Waals surface area contributed by atoms with Crippen LogP contribution in [0.2, 0.25) is 0 Å². The molecule has 1 aliphatic rings. The first kappa shape index (κ1) is 13.3. The van der Waals surface area contributed by atoms with Crippen molar-refractivity contribution in [2.75, 3.05) is 13.1 Å². The number of likely N-dealkylation sites (tertiary alicyclic amines) is 1. The molecule has 0 spiro atoms. The van der Waals surface area contributed by atoms with E-state index in [1.807, 2.05) is 27.7 Å². The smallest absolute Gasteiger partial charge is 0.410 e. The summed E-state index contributed by atoms with van der Waals surface area (Å²) in [6.45, 7) is 9.15. The van der Waals surface area contributed by atoms with E-state index in [0.29, 0.717) is 6.54 Å². The summed E-state index contributed by atoms with van der Waals surface area (Å²) >= 11 is 0. The molecule has 1 saturated heterocycles. The molecule has 0 aromatic heterocycles. The Kier molecular flexibility index (Phi) is 3.84. The SMILES string of the molecule is CC(C)(C)OC(=O)N1CCC[C@](C)(N)CC1. The molecular formula is C12H24N2O2. The average molecular weight is 228 g/mol. The fraction of sp³-hybridized carbons (Fsp3) is 0.917. The van der Waals surface area contributed by atoms with Gasteiger partial charge in [-0.1, -0.05) is 0 Å². The van der Waals surface area contributed by atoms with Crippen molar-refractivity contribution in [3.63, 3.8) is 0 Å². The fourth-order valence-electron chi connectivity index (χ4n) is 1.81. The standard InChI is InChI=1S/C12H24N2O2/c1-11(2,3)16-10(15)14-8-5-6-12(4,13)7-9-14/h5-9,13H2,1-4H3/t12-/m0/s1. The lowest BCUT2D eigenvalue weighted by atomic mass is 9.95. The predicted octanol–water partition coefficient (Wildman–Crippen LogP) is 2.12. The Balaban J connectivity index is 2.52. The molecule has 1 rings (SSSR count). The highest BCUT2D eigenvalue weighted by Crippen LogP contribution is 2.20. The molecule has 0 saturated carbocycles. The zero-order valence-corrected chi connectivity index (χ0v) is 10.9. The number of hydrogen-bond donors (Lipinski definition) is 1. The van der Waals surface area contributed by atoms with Crippen LogP contribution in [0.25, 0.3) is 0 Å². The molecule has 2 N–H and O–H groups in total. The number of hydrogen-bond acceptors (Lipinski definition) is 3. The van der Waals surface area contributed by atoms with Gasteiger partial charge < -0.3 is 15.4 Å². The lowest BCUT2D eigenvalue weighted by molar-refractivity contribution is 0.0255. The van der Waals surface area contributed by atoms with Crippen LogP contribution in [0.1, 0.15) is 47.0 Å². The maximum absolute atomic E-state index is 11.8. The fourth-order valence-corrected chi connectivity index (χ4v) is 1.81. The van der Waals surface area contributed by atoms with E-state index in [2.05, 4.69) is 0 Å². The first-order valence-electron chi connectivity index (χ1n) is 5.96. The van der Waals surface area contributed by atoms with Gasteiger partial charge in [-0.05, 0) is 47.0 Å². The highest BCUT2D eigenvalue weighted by atomic mass is 16.6. The van der Waals surface area contributed by atoms with Crippen LogP contribution in [0.5, 0.6) is 0 Å². The average Bonchev–Trinajstić information content (AvgIpc) is 2.23. The first-order valence-corrected chi connectivity index (χ1v) is 5.96. The van der Waals surface area contributed by atoms with Gasteiger partial charge in [-0.2, -0.15) is 0 Å². The highest BCUT2D eigenvalue weighted by molar-refractivity contribution is 5.68. The van der Waals surface area contributed by atoms with Crippen molar-refractivity contribution >= 4 is 6.09 Å². The second kappa shape index (κ2) is 4.62. The zero-order chi connectivity index (χ0) is 12.4. The molecule has 4 heteroatoms. The van der Waals surface area contributed by atoms with Crippen LogP contribution in [-0.4, -0.2) is 35.2 Å². The summed E-state index contributed by atoms with van der Waals surface area (Å²) in [4.78, 5) is 13.6. The number of nitrogens with zero attached hydrogens (tertiary/aromatic N) is 1. The molecule has 0 aromatic carbocycles. The topological polar surface area (TPSA) is 55.6 Å². The van der Waals surface area contributed by atoms with Gasteiger partial charge in [0.25, 0.3) is 0 Å². The molecule has 1 fully saturated rings. The Morgan fingerprint density at radius 3 is 2.50 bits per heavy atom. The van der Waals surface area contributed by atoms with Crippen LogP contribution in [0.15, 0.2) is 0 Å². The molecular weight excluding hydrogens is 204 g/mol. The molecule has 1 amide bonds. The Bertz CT molecular complexity index is 256. The van der Waals surface area contributed by atoms with Crippen molar-refractivity contribution in [2.24, 2.45) is 5.73 Å². The van der Waals surface area contributed by atoms with Crippen LogP contribution in [0.4, 0.5) is 4.79 Å². The van der Waals surface area contributed by atoms with Gasteiger partial charge in [-0.25, -0.2) is 4.79 Å². The van der Waals surface area contributed by atoms with E-state index in [1.165, 1.54) is 0 Å². The molecule has 0 aliphatic carbocycles. The van der Waals surface area contributed by atoms with E-state index in [-0.39, 0.29) is 11.6 Å². The first-order chi connectivity index (χ1) is 7.20. The van der Waals surface area contributed by atoms with Crippen molar-refractivity contribution in [3.8, 4) is 0 Å². The van der Waals surface area contributed by atoms with Gasteiger partial charge in [-0.3, -0.25) is 0 Å². The number of carbonyl (C=O) groups is 1. The molecule has 1 atom stereocenters. The maximum Gasteiger partial charge on any atom is 0.410 e. The predicted molar refractivity (Wildman–Crippen MR) is 64.3 cm³/mol. The third kappa shape index (κ3) is 4.39.